The van der Waals surface area contributed by atoms with Gasteiger partial charge in [0.25, 0.3) is 5.91 Å². The van der Waals surface area contributed by atoms with Crippen molar-refractivity contribution in [2.75, 3.05) is 25.8 Å². The first kappa shape index (κ1) is 27.8. The maximum Gasteiger partial charge on any atom is 0.280 e. The van der Waals surface area contributed by atoms with E-state index < -0.39 is 15.9 Å². The van der Waals surface area contributed by atoms with Crippen molar-refractivity contribution < 1.29 is 22.7 Å². The first-order valence-electron chi connectivity index (χ1n) is 12.9. The predicted octanol–water partition coefficient (Wildman–Crippen LogP) is 5.56. The molecule has 1 aliphatic rings. The summed E-state index contributed by atoms with van der Waals surface area (Å²) >= 11 is 1.30. The smallest absolute Gasteiger partial charge is 0.280 e. The summed E-state index contributed by atoms with van der Waals surface area (Å²) in [6, 6.07) is 18.7. The molecule has 4 aromatic rings. The van der Waals surface area contributed by atoms with E-state index in [9.17, 15) is 13.2 Å². The number of carbonyl (C=O) groups excluding carboxylic acids is 1. The molecule has 0 radical (unpaired) electrons. The minimum Gasteiger partial charge on any atom is -0.497 e. The fourth-order valence-corrected chi connectivity index (χ4v) is 7.22. The van der Waals surface area contributed by atoms with Crippen LogP contribution in [0.4, 0.5) is 5.13 Å². The van der Waals surface area contributed by atoms with E-state index in [2.05, 4.69) is 10.1 Å². The summed E-state index contributed by atoms with van der Waals surface area (Å²) in [7, 11) is -0.472. The van der Waals surface area contributed by atoms with E-state index in [4.69, 9.17) is 9.47 Å². The molecule has 2 heterocycles. The van der Waals surface area contributed by atoms with E-state index in [1.807, 2.05) is 31.2 Å². The molecule has 9 nitrogen and oxygen atoms in total. The van der Waals surface area contributed by atoms with E-state index in [0.29, 0.717) is 28.7 Å². The van der Waals surface area contributed by atoms with Crippen molar-refractivity contribution in [3.8, 4) is 11.5 Å². The number of anilines is 1. The van der Waals surface area contributed by atoms with Crippen molar-refractivity contribution in [3.05, 3.63) is 77.9 Å². The van der Waals surface area contributed by atoms with Crippen LogP contribution in [0.3, 0.4) is 0 Å². The van der Waals surface area contributed by atoms with Gasteiger partial charge in [0, 0.05) is 18.2 Å². The van der Waals surface area contributed by atoms with E-state index in [-0.39, 0.29) is 16.5 Å². The number of fused-ring (bicyclic) bond motifs is 1. The lowest BCUT2D eigenvalue weighted by molar-refractivity contribution is 0.0987. The molecule has 1 aromatic heterocycles. The van der Waals surface area contributed by atoms with Crippen LogP contribution in [0.5, 0.6) is 11.5 Å². The predicted molar refractivity (Wildman–Crippen MR) is 157 cm³/mol. The minimum atomic E-state index is -3.66. The molecule has 5 rings (SSSR count). The van der Waals surface area contributed by atoms with Crippen LogP contribution in [-0.2, 0) is 10.0 Å². The van der Waals surface area contributed by atoms with Gasteiger partial charge in [0.2, 0.25) is 15.2 Å². The number of hydrogen-bond acceptors (Lipinski definition) is 8. The summed E-state index contributed by atoms with van der Waals surface area (Å²) in [6.45, 7) is 2.43. The Hall–Kier alpha value is -3.80. The van der Waals surface area contributed by atoms with Crippen molar-refractivity contribution in [3.63, 3.8) is 0 Å². The van der Waals surface area contributed by atoms with Gasteiger partial charge in [0.1, 0.15) is 11.5 Å². The molecule has 3 aromatic carbocycles. The molecule has 0 saturated carbocycles. The number of hydrogen-bond donors (Lipinski definition) is 0. The maximum absolute atomic E-state index is 13.8. The minimum absolute atomic E-state index is 0.0551. The first-order chi connectivity index (χ1) is 19.3. The zero-order chi connectivity index (χ0) is 28.3. The number of ether oxygens (including phenoxy) is 2. The Morgan fingerprint density at radius 1 is 1.02 bits per heavy atom. The standard InChI is InChI=1S/C29H30N4O5S2/c1-20-6-4-5-17-32(20)40(35,36)25-14-9-22(10-15-25)28(34)33(30-19-21-7-11-23(37-2)12-8-21)29-31-26-16-13-24(38-3)18-27(26)39-29/h7-16,18-20H,4-6,17H2,1-3H3/b30-19+. The Bertz CT molecular complexity index is 1630. The van der Waals surface area contributed by atoms with E-state index in [0.717, 1.165) is 29.5 Å². The third-order valence-corrected chi connectivity index (χ3v) is 9.87. The lowest BCUT2D eigenvalue weighted by atomic mass is 10.1. The third-order valence-electron chi connectivity index (χ3n) is 6.85. The number of sulfonamides is 1. The Labute approximate surface area is 237 Å². The fourth-order valence-electron chi connectivity index (χ4n) is 4.57. The van der Waals surface area contributed by atoms with Gasteiger partial charge in [0.15, 0.2) is 0 Å². The summed E-state index contributed by atoms with van der Waals surface area (Å²) in [4.78, 5) is 18.6. The fraction of sp³-hybridized carbons (Fsp3) is 0.276. The van der Waals surface area contributed by atoms with Gasteiger partial charge < -0.3 is 9.47 Å². The molecule has 1 saturated heterocycles. The van der Waals surface area contributed by atoms with Crippen molar-refractivity contribution in [1.82, 2.24) is 9.29 Å². The van der Waals surface area contributed by atoms with Gasteiger partial charge >= 0.3 is 0 Å². The zero-order valence-electron chi connectivity index (χ0n) is 22.5. The van der Waals surface area contributed by atoms with Crippen LogP contribution >= 0.6 is 11.3 Å². The summed E-state index contributed by atoms with van der Waals surface area (Å²) in [5, 5.41) is 6.10. The number of thiazole rings is 1. The molecule has 0 N–H and O–H groups in total. The Morgan fingerprint density at radius 2 is 1.73 bits per heavy atom. The van der Waals surface area contributed by atoms with E-state index >= 15 is 0 Å². The number of hydrazone groups is 1. The summed E-state index contributed by atoms with van der Waals surface area (Å²) < 4.78 is 39.5. The van der Waals surface area contributed by atoms with Gasteiger partial charge in [-0.15, -0.1) is 0 Å². The molecule has 1 fully saturated rings. The average Bonchev–Trinajstić information content (AvgIpc) is 3.40. The molecule has 11 heteroatoms. The molecule has 1 unspecified atom stereocenters. The monoisotopic (exact) mass is 578 g/mol. The van der Waals surface area contributed by atoms with Gasteiger partial charge in [-0.2, -0.15) is 14.4 Å². The molecule has 0 aliphatic carbocycles. The lowest BCUT2D eigenvalue weighted by Crippen LogP contribution is -2.41. The summed E-state index contributed by atoms with van der Waals surface area (Å²) in [5.74, 6) is 0.951. The van der Waals surface area contributed by atoms with Gasteiger partial charge in [0.05, 0.1) is 35.5 Å². The van der Waals surface area contributed by atoms with Crippen LogP contribution in [-0.4, -0.2) is 56.6 Å². The number of nitrogens with zero attached hydrogens (tertiary/aromatic N) is 4. The van der Waals surface area contributed by atoms with Crippen LogP contribution in [0.2, 0.25) is 0 Å². The van der Waals surface area contributed by atoms with Crippen LogP contribution in [0.25, 0.3) is 10.2 Å². The number of carbonyl (C=O) groups is 1. The normalized spacial score (nSPS) is 16.3. The molecule has 40 heavy (non-hydrogen) atoms. The molecule has 1 aliphatic heterocycles. The maximum atomic E-state index is 13.8. The van der Waals surface area contributed by atoms with Gasteiger partial charge in [-0.3, -0.25) is 4.79 Å². The lowest BCUT2D eigenvalue weighted by Gasteiger charge is -2.32. The number of aromatic nitrogens is 1. The number of benzene rings is 3. The largest absolute Gasteiger partial charge is 0.497 e. The number of amides is 1. The second kappa shape index (κ2) is 11.7. The van der Waals surface area contributed by atoms with E-state index in [1.54, 1.807) is 42.9 Å². The van der Waals surface area contributed by atoms with Crippen molar-refractivity contribution in [2.45, 2.75) is 37.1 Å². The molecule has 1 amide bonds. The Morgan fingerprint density at radius 3 is 2.40 bits per heavy atom. The third kappa shape index (κ3) is 5.72. The average molecular weight is 579 g/mol. The number of piperidine rings is 1. The Kier molecular flexibility index (Phi) is 8.15. The second-order valence-corrected chi connectivity index (χ2v) is 12.3. The highest BCUT2D eigenvalue weighted by molar-refractivity contribution is 7.89. The SMILES string of the molecule is COc1ccc(/C=N/N(C(=O)c2ccc(S(=O)(=O)N3CCCCC3C)cc2)c2nc3ccc(OC)cc3s2)cc1. The van der Waals surface area contributed by atoms with Crippen LogP contribution in [0.1, 0.15) is 42.1 Å². The van der Waals surface area contributed by atoms with Gasteiger partial charge in [-0.25, -0.2) is 13.4 Å². The van der Waals surface area contributed by atoms with Gasteiger partial charge in [-0.05, 0) is 92.1 Å². The van der Waals surface area contributed by atoms with Crippen molar-refractivity contribution >= 4 is 48.8 Å². The van der Waals surface area contributed by atoms with Crippen LogP contribution in [0.15, 0.2) is 76.7 Å². The Balaban J connectivity index is 1.47. The highest BCUT2D eigenvalue weighted by atomic mass is 32.2. The molecule has 208 valence electrons. The highest BCUT2D eigenvalue weighted by Gasteiger charge is 2.31. The molecular formula is C29H30N4O5S2. The van der Waals surface area contributed by atoms with Crippen molar-refractivity contribution in [1.29, 1.82) is 0 Å². The molecule has 0 spiro atoms. The number of methoxy groups -OCH3 is 2. The quantitative estimate of drug-likeness (QED) is 0.201. The van der Waals surface area contributed by atoms with Crippen LogP contribution in [0, 0.1) is 0 Å². The molecule has 1 atom stereocenters. The topological polar surface area (TPSA) is 101 Å². The number of rotatable bonds is 8. The second-order valence-electron chi connectivity index (χ2n) is 9.45. The van der Waals surface area contributed by atoms with Crippen LogP contribution < -0.4 is 14.5 Å². The molecule has 0 bridgehead atoms. The summed E-state index contributed by atoms with van der Waals surface area (Å²) in [6.07, 6.45) is 4.27. The van der Waals surface area contributed by atoms with Crippen molar-refractivity contribution in [2.24, 2.45) is 5.10 Å². The highest BCUT2D eigenvalue weighted by Crippen LogP contribution is 2.33. The van der Waals surface area contributed by atoms with E-state index in [1.165, 1.54) is 40.6 Å². The molecular weight excluding hydrogens is 548 g/mol. The van der Waals surface area contributed by atoms with Gasteiger partial charge in [-0.1, -0.05) is 17.8 Å². The summed E-state index contributed by atoms with van der Waals surface area (Å²) in [5.41, 5.74) is 1.75. The zero-order valence-corrected chi connectivity index (χ0v) is 24.1. The first-order valence-corrected chi connectivity index (χ1v) is 15.1.